The van der Waals surface area contributed by atoms with Gasteiger partial charge in [-0.25, -0.2) is 0 Å². The van der Waals surface area contributed by atoms with Crippen molar-refractivity contribution in [3.8, 4) is 0 Å². The average molecular weight is 631 g/mol. The minimum absolute atomic E-state index is 0.0878. The standard InChI is InChI=1S/C37H38N6O4/c1-20(2)16-26-32(46)42-28(30(44)38-26)18-36(22-12-6-8-14-24(22)40-34(36)42)37-19-29-31(45)39-27(17-21-10-4-3-5-11-21)33(47)43(29)35(37)41-25-15-9-7-13-23(25)37/h3-15,20,26-29,34-35,40-41H,16-19H2,1-2H3,(H,38,44)(H,39,45)/t26-,27-,28-,29-,34-,35-,36?,37+/m0/s1. The Kier molecular flexibility index (Phi) is 5.93. The van der Waals surface area contributed by atoms with Crippen LogP contribution >= 0.6 is 0 Å². The summed E-state index contributed by atoms with van der Waals surface area (Å²) in [5.41, 5.74) is 3.15. The predicted octanol–water partition coefficient (Wildman–Crippen LogP) is 2.85. The van der Waals surface area contributed by atoms with Crippen LogP contribution in [-0.4, -0.2) is 69.9 Å². The van der Waals surface area contributed by atoms with Crippen LogP contribution in [0.3, 0.4) is 0 Å². The molecular weight excluding hydrogens is 592 g/mol. The van der Waals surface area contributed by atoms with E-state index in [4.69, 9.17) is 0 Å². The fourth-order valence-corrected chi connectivity index (χ4v) is 10.0. The van der Waals surface area contributed by atoms with Gasteiger partial charge in [0.15, 0.2) is 0 Å². The first-order chi connectivity index (χ1) is 22.7. The van der Waals surface area contributed by atoms with Crippen LogP contribution in [0.2, 0.25) is 0 Å². The van der Waals surface area contributed by atoms with Crippen LogP contribution in [0, 0.1) is 5.92 Å². The van der Waals surface area contributed by atoms with E-state index in [0.717, 1.165) is 28.1 Å². The van der Waals surface area contributed by atoms with Crippen LogP contribution in [-0.2, 0) is 36.4 Å². The first-order valence-electron chi connectivity index (χ1n) is 16.8. The number of carbonyl (C=O) groups is 4. The number of fused-ring (bicyclic) bond motifs is 11. The first kappa shape index (κ1) is 28.4. The Balaban J connectivity index is 1.22. The minimum Gasteiger partial charge on any atom is -0.364 e. The van der Waals surface area contributed by atoms with Crippen molar-refractivity contribution in [3.05, 3.63) is 95.6 Å². The quantitative estimate of drug-likeness (QED) is 0.344. The van der Waals surface area contributed by atoms with Crippen LogP contribution in [0.5, 0.6) is 0 Å². The van der Waals surface area contributed by atoms with Gasteiger partial charge in [-0.05, 0) is 54.0 Å². The molecule has 47 heavy (non-hydrogen) atoms. The lowest BCUT2D eigenvalue weighted by Crippen LogP contribution is -2.66. The molecule has 10 nitrogen and oxygen atoms in total. The molecule has 6 heterocycles. The Morgan fingerprint density at radius 3 is 1.64 bits per heavy atom. The normalized spacial score (nSPS) is 34.4. The largest absolute Gasteiger partial charge is 0.364 e. The number of carbonyl (C=O) groups excluding carboxylic acids is 4. The summed E-state index contributed by atoms with van der Waals surface area (Å²) in [6, 6.07) is 23.2. The maximum Gasteiger partial charge on any atom is 0.247 e. The van der Waals surface area contributed by atoms with E-state index in [1.165, 1.54) is 0 Å². The van der Waals surface area contributed by atoms with Gasteiger partial charge in [-0.15, -0.1) is 0 Å². The highest BCUT2D eigenvalue weighted by atomic mass is 16.2. The number of hydrogen-bond donors (Lipinski definition) is 4. The summed E-state index contributed by atoms with van der Waals surface area (Å²) in [6.45, 7) is 4.10. The van der Waals surface area contributed by atoms with Crippen molar-refractivity contribution in [1.82, 2.24) is 20.4 Å². The van der Waals surface area contributed by atoms with Crippen LogP contribution in [0.4, 0.5) is 11.4 Å². The van der Waals surface area contributed by atoms with E-state index in [1.807, 2.05) is 66.7 Å². The number of hydrogen-bond acceptors (Lipinski definition) is 6. The van der Waals surface area contributed by atoms with Crippen molar-refractivity contribution in [2.75, 3.05) is 10.6 Å². The molecule has 3 aromatic rings. The maximum absolute atomic E-state index is 14.6. The molecule has 240 valence electrons. The topological polar surface area (TPSA) is 123 Å². The highest BCUT2D eigenvalue weighted by molar-refractivity contribution is 6.01. The molecule has 1 unspecified atom stereocenters. The summed E-state index contributed by atoms with van der Waals surface area (Å²) < 4.78 is 0. The van der Waals surface area contributed by atoms with Crippen LogP contribution in [0.1, 0.15) is 49.8 Å². The highest BCUT2D eigenvalue weighted by Gasteiger charge is 2.78. The van der Waals surface area contributed by atoms with Gasteiger partial charge in [0.25, 0.3) is 0 Å². The summed E-state index contributed by atoms with van der Waals surface area (Å²) in [5, 5.41) is 13.6. The van der Waals surface area contributed by atoms with Gasteiger partial charge in [-0.3, -0.25) is 19.2 Å². The van der Waals surface area contributed by atoms with Gasteiger partial charge in [-0.1, -0.05) is 80.6 Å². The summed E-state index contributed by atoms with van der Waals surface area (Å²) in [5.74, 6) is -0.320. The second-order valence-electron chi connectivity index (χ2n) is 14.5. The van der Waals surface area contributed by atoms with Crippen LogP contribution < -0.4 is 21.3 Å². The van der Waals surface area contributed by atoms with Gasteiger partial charge in [0.2, 0.25) is 23.6 Å². The Labute approximate surface area is 273 Å². The number of amides is 4. The molecule has 3 aromatic carbocycles. The van der Waals surface area contributed by atoms with Gasteiger partial charge >= 0.3 is 0 Å². The van der Waals surface area contributed by atoms with E-state index < -0.39 is 47.3 Å². The van der Waals surface area contributed by atoms with Crippen molar-refractivity contribution in [2.45, 2.75) is 86.9 Å². The van der Waals surface area contributed by atoms with Crippen molar-refractivity contribution < 1.29 is 19.2 Å². The van der Waals surface area contributed by atoms with Crippen molar-refractivity contribution in [2.24, 2.45) is 5.92 Å². The Morgan fingerprint density at radius 1 is 0.638 bits per heavy atom. The Morgan fingerprint density at radius 2 is 1.11 bits per heavy atom. The lowest BCUT2D eigenvalue weighted by Gasteiger charge is -2.48. The van der Waals surface area contributed by atoms with Crippen molar-refractivity contribution in [1.29, 1.82) is 0 Å². The molecule has 9 rings (SSSR count). The molecule has 0 saturated carbocycles. The fraction of sp³-hybridized carbons (Fsp3) is 0.405. The molecule has 0 aliphatic carbocycles. The summed E-state index contributed by atoms with van der Waals surface area (Å²) >= 11 is 0. The third-order valence-corrected chi connectivity index (χ3v) is 11.7. The average Bonchev–Trinajstić information content (AvgIpc) is 3.77. The molecule has 0 radical (unpaired) electrons. The molecule has 0 aromatic heterocycles. The number of para-hydroxylation sites is 2. The maximum atomic E-state index is 14.6. The van der Waals surface area contributed by atoms with E-state index in [1.54, 1.807) is 9.80 Å². The minimum atomic E-state index is -0.835. The molecule has 6 aliphatic heterocycles. The molecule has 4 N–H and O–H groups in total. The molecule has 4 fully saturated rings. The summed E-state index contributed by atoms with van der Waals surface area (Å²) in [6.07, 6.45) is 0.545. The molecule has 10 heteroatoms. The van der Waals surface area contributed by atoms with Crippen LogP contribution in [0.15, 0.2) is 78.9 Å². The number of anilines is 2. The van der Waals surface area contributed by atoms with Gasteiger partial charge in [-0.2, -0.15) is 0 Å². The summed E-state index contributed by atoms with van der Waals surface area (Å²) in [7, 11) is 0. The van der Waals surface area contributed by atoms with E-state index in [-0.39, 0.29) is 29.5 Å². The van der Waals surface area contributed by atoms with E-state index in [0.29, 0.717) is 25.7 Å². The van der Waals surface area contributed by atoms with Crippen LogP contribution in [0.25, 0.3) is 0 Å². The Hall–Kier alpha value is -4.86. The molecule has 4 amide bonds. The monoisotopic (exact) mass is 630 g/mol. The number of piperazine rings is 2. The third kappa shape index (κ3) is 3.61. The molecule has 0 spiro atoms. The zero-order valence-electron chi connectivity index (χ0n) is 26.4. The zero-order valence-corrected chi connectivity index (χ0v) is 26.4. The zero-order chi connectivity index (χ0) is 32.2. The molecule has 6 aliphatic rings. The van der Waals surface area contributed by atoms with Gasteiger partial charge in [0, 0.05) is 17.8 Å². The molecule has 8 atom stereocenters. The molecular formula is C37H38N6O4. The van der Waals surface area contributed by atoms with Crippen molar-refractivity contribution >= 4 is 35.0 Å². The van der Waals surface area contributed by atoms with E-state index >= 15 is 0 Å². The summed E-state index contributed by atoms with van der Waals surface area (Å²) in [4.78, 5) is 60.6. The highest BCUT2D eigenvalue weighted by Crippen LogP contribution is 2.68. The lowest BCUT2D eigenvalue weighted by molar-refractivity contribution is -0.149. The first-order valence-corrected chi connectivity index (χ1v) is 16.8. The Bertz CT molecular complexity index is 1850. The number of nitrogens with one attached hydrogen (secondary N) is 4. The van der Waals surface area contributed by atoms with E-state index in [2.05, 4.69) is 47.2 Å². The van der Waals surface area contributed by atoms with Crippen molar-refractivity contribution in [3.63, 3.8) is 0 Å². The SMILES string of the molecule is CC(C)C[C@@H]1NC(=O)[C@@H]2CC3([C@@]45C[C@H]6C(=O)N[C@@H](Cc7ccccc7)C(=O)N6[C@@H]4Nc4ccccc45)c4ccccc4N[C@H]3N2C1=O. The second kappa shape index (κ2) is 9.82. The predicted molar refractivity (Wildman–Crippen MR) is 175 cm³/mol. The fourth-order valence-electron chi connectivity index (χ4n) is 10.0. The van der Waals surface area contributed by atoms with Gasteiger partial charge < -0.3 is 31.1 Å². The molecule has 0 bridgehead atoms. The van der Waals surface area contributed by atoms with Gasteiger partial charge in [0.05, 0.1) is 10.8 Å². The molecule has 4 saturated heterocycles. The lowest BCUT2D eigenvalue weighted by atomic mass is 9.54. The smallest absolute Gasteiger partial charge is 0.247 e. The third-order valence-electron chi connectivity index (χ3n) is 11.7. The number of benzene rings is 3. The number of rotatable bonds is 5. The van der Waals surface area contributed by atoms with Gasteiger partial charge in [0.1, 0.15) is 36.5 Å². The van der Waals surface area contributed by atoms with E-state index in [9.17, 15) is 19.2 Å². The number of nitrogens with zero attached hydrogens (tertiary/aromatic N) is 2. The second-order valence-corrected chi connectivity index (χ2v) is 14.5.